The molecule has 7 heteroatoms. The number of hydrogen-bond acceptors (Lipinski definition) is 6. The number of ketones is 1. The Balaban J connectivity index is 1.65. The van der Waals surface area contributed by atoms with Crippen molar-refractivity contribution in [1.82, 2.24) is 9.88 Å². The number of amides is 1. The van der Waals surface area contributed by atoms with E-state index in [9.17, 15) is 14.7 Å². The summed E-state index contributed by atoms with van der Waals surface area (Å²) in [6.07, 6.45) is 5.36. The number of likely N-dealkylation sites (tertiary alicyclic amines) is 1. The van der Waals surface area contributed by atoms with E-state index in [-0.39, 0.29) is 24.2 Å². The van der Waals surface area contributed by atoms with Gasteiger partial charge in [0.15, 0.2) is 11.5 Å². The Labute approximate surface area is 167 Å². The van der Waals surface area contributed by atoms with Crippen LogP contribution < -0.4 is 9.47 Å². The zero-order chi connectivity index (χ0) is 20.0. The number of ether oxygens (including phenoxy) is 2. The highest BCUT2D eigenvalue weighted by Crippen LogP contribution is 2.43. The summed E-state index contributed by atoms with van der Waals surface area (Å²) in [6.45, 7) is 0.111. The van der Waals surface area contributed by atoms with Gasteiger partial charge >= 0.3 is 0 Å². The number of fused-ring (bicyclic) bond motifs is 1. The van der Waals surface area contributed by atoms with E-state index < -0.39 is 17.7 Å². The minimum Gasteiger partial charge on any atom is -0.507 e. The number of carbonyl (C=O) groups is 2. The molecular weight excluding hydrogens is 372 g/mol. The van der Waals surface area contributed by atoms with Crippen LogP contribution in [0.1, 0.15) is 43.0 Å². The van der Waals surface area contributed by atoms with E-state index in [1.54, 1.807) is 41.4 Å². The average Bonchev–Trinajstić information content (AvgIpc) is 3.48. The van der Waals surface area contributed by atoms with Gasteiger partial charge in [-0.1, -0.05) is 18.9 Å². The van der Waals surface area contributed by atoms with Crippen LogP contribution >= 0.6 is 0 Å². The molecule has 1 N–H and O–H groups in total. The van der Waals surface area contributed by atoms with Crippen LogP contribution in [-0.4, -0.2) is 39.5 Å². The average molecular weight is 392 g/mol. The molecule has 5 rings (SSSR count). The molecule has 1 atom stereocenters. The molecule has 0 bridgehead atoms. The number of aliphatic hydroxyl groups excluding tert-OH is 1. The molecule has 3 aliphatic rings. The van der Waals surface area contributed by atoms with Crippen LogP contribution in [0, 0.1) is 0 Å². The zero-order valence-corrected chi connectivity index (χ0v) is 15.7. The summed E-state index contributed by atoms with van der Waals surface area (Å²) in [7, 11) is 0. The molecule has 1 aliphatic carbocycles. The number of aromatic nitrogens is 1. The monoisotopic (exact) mass is 392 g/mol. The predicted octanol–water partition coefficient (Wildman–Crippen LogP) is 3.17. The van der Waals surface area contributed by atoms with Crippen LogP contribution in [0.4, 0.5) is 0 Å². The molecule has 7 nitrogen and oxygen atoms in total. The molecule has 1 amide bonds. The molecule has 1 aromatic heterocycles. The van der Waals surface area contributed by atoms with Gasteiger partial charge < -0.3 is 19.5 Å². The third-order valence-corrected chi connectivity index (χ3v) is 5.81. The maximum Gasteiger partial charge on any atom is 0.295 e. The molecule has 2 aromatic rings. The van der Waals surface area contributed by atoms with Crippen molar-refractivity contribution in [1.29, 1.82) is 0 Å². The normalized spacial score (nSPS) is 23.2. The van der Waals surface area contributed by atoms with E-state index in [0.29, 0.717) is 22.8 Å². The standard InChI is InChI=1S/C22H20N2O5/c25-20(13-8-9-16-17(11-13)29-12-28-16)18-19(15-7-3-4-10-23-15)24(22(27)21(18)26)14-5-1-2-6-14/h3-4,7-11,14,19,25H,1-2,5-6,12H2/b20-18-. The number of hydrogen-bond donors (Lipinski definition) is 1. The summed E-state index contributed by atoms with van der Waals surface area (Å²) >= 11 is 0. The van der Waals surface area contributed by atoms with Crippen LogP contribution in [0.2, 0.25) is 0 Å². The molecule has 29 heavy (non-hydrogen) atoms. The van der Waals surface area contributed by atoms with Gasteiger partial charge in [0.25, 0.3) is 11.7 Å². The Morgan fingerprint density at radius 1 is 1.07 bits per heavy atom. The van der Waals surface area contributed by atoms with E-state index in [4.69, 9.17) is 9.47 Å². The number of Topliss-reactive ketones (excluding diaryl/α,β-unsaturated/α-hetero) is 1. The van der Waals surface area contributed by atoms with E-state index in [0.717, 1.165) is 25.7 Å². The SMILES string of the molecule is O=C1C(=O)N(C2CCCC2)C(c2ccccn2)/C1=C(/O)c1ccc2c(c1)OCO2. The second kappa shape index (κ2) is 6.92. The highest BCUT2D eigenvalue weighted by molar-refractivity contribution is 6.46. The van der Waals surface area contributed by atoms with Gasteiger partial charge in [0.05, 0.1) is 11.3 Å². The number of rotatable bonds is 3. The fourth-order valence-corrected chi connectivity index (χ4v) is 4.44. The Morgan fingerprint density at radius 3 is 2.62 bits per heavy atom. The van der Waals surface area contributed by atoms with Crippen LogP contribution in [0.3, 0.4) is 0 Å². The van der Waals surface area contributed by atoms with Gasteiger partial charge in [-0.3, -0.25) is 14.6 Å². The van der Waals surface area contributed by atoms with Gasteiger partial charge in [-0.05, 0) is 43.2 Å². The molecule has 3 heterocycles. The van der Waals surface area contributed by atoms with Gasteiger partial charge in [-0.25, -0.2) is 0 Å². The Bertz CT molecular complexity index is 1010. The van der Waals surface area contributed by atoms with Crippen molar-refractivity contribution in [2.24, 2.45) is 0 Å². The fourth-order valence-electron chi connectivity index (χ4n) is 4.44. The quantitative estimate of drug-likeness (QED) is 0.490. The summed E-state index contributed by atoms with van der Waals surface area (Å²) in [5.41, 5.74) is 1.04. The van der Waals surface area contributed by atoms with E-state index in [1.165, 1.54) is 0 Å². The minimum absolute atomic E-state index is 0.0273. The smallest absolute Gasteiger partial charge is 0.295 e. The van der Waals surface area contributed by atoms with Crippen molar-refractivity contribution in [3.63, 3.8) is 0 Å². The Hall–Kier alpha value is -3.35. The predicted molar refractivity (Wildman–Crippen MR) is 103 cm³/mol. The third kappa shape index (κ3) is 2.85. The summed E-state index contributed by atoms with van der Waals surface area (Å²) in [6, 6.07) is 9.61. The number of nitrogens with zero attached hydrogens (tertiary/aromatic N) is 2. The second-order valence-corrected chi connectivity index (χ2v) is 7.47. The molecule has 0 radical (unpaired) electrons. The maximum atomic E-state index is 13.0. The van der Waals surface area contributed by atoms with Gasteiger partial charge in [-0.15, -0.1) is 0 Å². The third-order valence-electron chi connectivity index (χ3n) is 5.81. The largest absolute Gasteiger partial charge is 0.507 e. The highest BCUT2D eigenvalue weighted by Gasteiger charge is 2.49. The van der Waals surface area contributed by atoms with Crippen molar-refractivity contribution in [3.8, 4) is 11.5 Å². The van der Waals surface area contributed by atoms with Crippen molar-refractivity contribution in [2.45, 2.75) is 37.8 Å². The Morgan fingerprint density at radius 2 is 1.86 bits per heavy atom. The van der Waals surface area contributed by atoms with Gasteiger partial charge in [0.2, 0.25) is 6.79 Å². The molecular formula is C22H20N2O5. The first-order chi connectivity index (χ1) is 14.1. The zero-order valence-electron chi connectivity index (χ0n) is 15.7. The topological polar surface area (TPSA) is 89.0 Å². The summed E-state index contributed by atoms with van der Waals surface area (Å²) < 4.78 is 10.7. The molecule has 2 fully saturated rings. The fraction of sp³-hybridized carbons (Fsp3) is 0.318. The number of carbonyl (C=O) groups excluding carboxylic acids is 2. The first-order valence-corrected chi connectivity index (χ1v) is 9.76. The van der Waals surface area contributed by atoms with Crippen molar-refractivity contribution < 1.29 is 24.2 Å². The number of aliphatic hydroxyl groups is 1. The molecule has 148 valence electrons. The number of benzene rings is 1. The molecule has 0 spiro atoms. The van der Waals surface area contributed by atoms with Gasteiger partial charge in [0, 0.05) is 17.8 Å². The summed E-state index contributed by atoms with van der Waals surface area (Å²) in [5.74, 6) is -0.405. The van der Waals surface area contributed by atoms with E-state index >= 15 is 0 Å². The molecule has 2 aliphatic heterocycles. The van der Waals surface area contributed by atoms with E-state index in [1.807, 2.05) is 6.07 Å². The maximum absolute atomic E-state index is 13.0. The lowest BCUT2D eigenvalue weighted by Gasteiger charge is -2.30. The summed E-state index contributed by atoms with van der Waals surface area (Å²) in [4.78, 5) is 32.0. The number of pyridine rings is 1. The van der Waals surface area contributed by atoms with Crippen LogP contribution in [0.15, 0.2) is 48.2 Å². The van der Waals surface area contributed by atoms with E-state index in [2.05, 4.69) is 4.98 Å². The van der Waals surface area contributed by atoms with Crippen molar-refractivity contribution in [3.05, 3.63) is 59.4 Å². The first-order valence-electron chi connectivity index (χ1n) is 9.76. The van der Waals surface area contributed by atoms with Crippen molar-refractivity contribution in [2.75, 3.05) is 6.79 Å². The first kappa shape index (κ1) is 17.7. The lowest BCUT2D eigenvalue weighted by atomic mass is 9.97. The second-order valence-electron chi connectivity index (χ2n) is 7.47. The minimum atomic E-state index is -0.704. The van der Waals surface area contributed by atoms with Gasteiger partial charge in [0.1, 0.15) is 11.8 Å². The van der Waals surface area contributed by atoms with Crippen molar-refractivity contribution >= 4 is 17.4 Å². The molecule has 1 aromatic carbocycles. The van der Waals surface area contributed by atoms with Crippen LogP contribution in [0.5, 0.6) is 11.5 Å². The van der Waals surface area contributed by atoms with Crippen LogP contribution in [0.25, 0.3) is 5.76 Å². The Kier molecular flexibility index (Phi) is 4.23. The molecule has 1 saturated carbocycles. The highest BCUT2D eigenvalue weighted by atomic mass is 16.7. The summed E-state index contributed by atoms with van der Waals surface area (Å²) in [5, 5.41) is 11.1. The molecule has 1 saturated heterocycles. The molecule has 1 unspecified atom stereocenters. The lowest BCUT2D eigenvalue weighted by Crippen LogP contribution is -2.37. The van der Waals surface area contributed by atoms with Crippen LogP contribution in [-0.2, 0) is 9.59 Å². The lowest BCUT2D eigenvalue weighted by molar-refractivity contribution is -0.141. The van der Waals surface area contributed by atoms with Gasteiger partial charge in [-0.2, -0.15) is 0 Å².